The van der Waals surface area contributed by atoms with E-state index in [-0.39, 0.29) is 6.42 Å². The Hall–Kier alpha value is -0.820. The van der Waals surface area contributed by atoms with E-state index in [1.807, 2.05) is 0 Å². The number of allylic oxidation sites excluding steroid dienone is 3. The summed E-state index contributed by atoms with van der Waals surface area (Å²) in [4.78, 5) is 0. The van der Waals surface area contributed by atoms with Crippen LogP contribution in [0.3, 0.4) is 0 Å². The summed E-state index contributed by atoms with van der Waals surface area (Å²) < 4.78 is 59.7. The zero-order valence-electron chi connectivity index (χ0n) is 7.83. The number of hydrogen-bond acceptors (Lipinski definition) is 3. The first-order chi connectivity index (χ1) is 6.81. The van der Waals surface area contributed by atoms with Crippen LogP contribution >= 0.6 is 0 Å². The highest BCUT2D eigenvalue weighted by molar-refractivity contribution is 7.87. The molecule has 7 heteroatoms. The molecule has 0 aliphatic carbocycles. The first-order valence-corrected chi connectivity index (χ1v) is 5.45. The maximum absolute atomic E-state index is 11.7. The van der Waals surface area contributed by atoms with Crippen LogP contribution < -0.4 is 0 Å². The molecule has 0 bridgehead atoms. The zero-order valence-corrected chi connectivity index (χ0v) is 8.64. The van der Waals surface area contributed by atoms with Gasteiger partial charge in [0.25, 0.3) is 0 Å². The van der Waals surface area contributed by atoms with Gasteiger partial charge in [0.2, 0.25) is 0 Å². The molecule has 0 radical (unpaired) electrons. The summed E-state index contributed by atoms with van der Waals surface area (Å²) in [6.07, 6.45) is 5.39. The van der Waals surface area contributed by atoms with Gasteiger partial charge in [-0.15, -0.1) is 0 Å². The van der Waals surface area contributed by atoms with Crippen LogP contribution in [0.1, 0.15) is 12.8 Å². The van der Waals surface area contributed by atoms with Gasteiger partial charge in [-0.25, -0.2) is 0 Å². The zero-order chi connectivity index (χ0) is 11.9. The van der Waals surface area contributed by atoms with Crippen LogP contribution in [-0.2, 0) is 14.3 Å². The quantitative estimate of drug-likeness (QED) is 0.312. The van der Waals surface area contributed by atoms with Gasteiger partial charge in [0, 0.05) is 0 Å². The summed E-state index contributed by atoms with van der Waals surface area (Å²) in [5.41, 5.74) is -5.34. The van der Waals surface area contributed by atoms with Crippen LogP contribution in [0, 0.1) is 0 Å². The van der Waals surface area contributed by atoms with Crippen LogP contribution in [-0.4, -0.2) is 20.5 Å². The SMILES string of the molecule is C=C/C=C/CCCOS(=O)(=O)C(F)(F)F. The molecule has 0 unspecified atom stereocenters. The van der Waals surface area contributed by atoms with Crippen molar-refractivity contribution in [1.29, 1.82) is 0 Å². The number of hydrogen-bond donors (Lipinski definition) is 0. The molecule has 0 fully saturated rings. The van der Waals surface area contributed by atoms with E-state index >= 15 is 0 Å². The van der Waals surface area contributed by atoms with Gasteiger partial charge in [-0.1, -0.05) is 24.8 Å². The molecule has 0 aliphatic heterocycles. The number of alkyl halides is 3. The third-order valence-corrected chi connectivity index (χ3v) is 2.35. The van der Waals surface area contributed by atoms with Gasteiger partial charge in [0.05, 0.1) is 6.61 Å². The van der Waals surface area contributed by atoms with Crippen molar-refractivity contribution in [3.8, 4) is 0 Å². The molecule has 0 rings (SSSR count). The largest absolute Gasteiger partial charge is 0.523 e. The van der Waals surface area contributed by atoms with E-state index in [1.54, 1.807) is 12.2 Å². The van der Waals surface area contributed by atoms with Crippen LogP contribution in [0.5, 0.6) is 0 Å². The Morgan fingerprint density at radius 1 is 1.33 bits per heavy atom. The molecule has 0 saturated heterocycles. The summed E-state index contributed by atoms with van der Waals surface area (Å²) >= 11 is 0. The van der Waals surface area contributed by atoms with Gasteiger partial charge in [0.1, 0.15) is 0 Å². The lowest BCUT2D eigenvalue weighted by Gasteiger charge is -2.07. The Morgan fingerprint density at radius 3 is 2.40 bits per heavy atom. The molecule has 15 heavy (non-hydrogen) atoms. The van der Waals surface area contributed by atoms with E-state index in [9.17, 15) is 21.6 Å². The summed E-state index contributed by atoms with van der Waals surface area (Å²) in [6, 6.07) is 0. The monoisotopic (exact) mass is 244 g/mol. The summed E-state index contributed by atoms with van der Waals surface area (Å²) in [7, 11) is -5.43. The fourth-order valence-corrected chi connectivity index (χ4v) is 1.10. The Morgan fingerprint density at radius 2 is 1.93 bits per heavy atom. The first kappa shape index (κ1) is 14.2. The van der Waals surface area contributed by atoms with Crippen LogP contribution in [0.4, 0.5) is 13.2 Å². The van der Waals surface area contributed by atoms with Crippen molar-refractivity contribution in [2.75, 3.05) is 6.61 Å². The van der Waals surface area contributed by atoms with Crippen molar-refractivity contribution in [1.82, 2.24) is 0 Å². The number of unbranched alkanes of at least 4 members (excludes halogenated alkanes) is 1. The third-order valence-electron chi connectivity index (χ3n) is 1.31. The molecule has 0 heterocycles. The second-order valence-electron chi connectivity index (χ2n) is 2.53. The fourth-order valence-electron chi connectivity index (χ4n) is 0.629. The van der Waals surface area contributed by atoms with E-state index < -0.39 is 22.2 Å². The van der Waals surface area contributed by atoms with Crippen molar-refractivity contribution < 1.29 is 25.8 Å². The highest BCUT2D eigenvalue weighted by Gasteiger charge is 2.47. The van der Waals surface area contributed by atoms with E-state index in [1.165, 1.54) is 6.08 Å². The van der Waals surface area contributed by atoms with Crippen molar-refractivity contribution in [2.24, 2.45) is 0 Å². The molecular formula is C8H11F3O3S. The van der Waals surface area contributed by atoms with Gasteiger partial charge in [0.15, 0.2) is 0 Å². The molecule has 0 N–H and O–H groups in total. The maximum Gasteiger partial charge on any atom is 0.523 e. The van der Waals surface area contributed by atoms with Crippen molar-refractivity contribution in [3.05, 3.63) is 24.8 Å². The van der Waals surface area contributed by atoms with Gasteiger partial charge in [-0.2, -0.15) is 21.6 Å². The number of halogens is 3. The summed E-state index contributed by atoms with van der Waals surface area (Å²) in [5, 5.41) is 0. The summed E-state index contributed by atoms with van der Waals surface area (Å²) in [6.45, 7) is 2.90. The van der Waals surface area contributed by atoms with Gasteiger partial charge in [-0.05, 0) is 12.8 Å². The molecule has 0 saturated carbocycles. The minimum absolute atomic E-state index is 0.194. The highest BCUT2D eigenvalue weighted by Crippen LogP contribution is 2.24. The van der Waals surface area contributed by atoms with Gasteiger partial charge >= 0.3 is 15.6 Å². The second-order valence-corrected chi connectivity index (χ2v) is 4.13. The summed E-state index contributed by atoms with van der Waals surface area (Å²) in [5.74, 6) is 0. The van der Waals surface area contributed by atoms with Crippen LogP contribution in [0.15, 0.2) is 24.8 Å². The lowest BCUT2D eigenvalue weighted by Crippen LogP contribution is -2.25. The second kappa shape index (κ2) is 5.92. The number of rotatable bonds is 6. The lowest BCUT2D eigenvalue weighted by atomic mass is 10.3. The lowest BCUT2D eigenvalue weighted by molar-refractivity contribution is -0.0542. The Labute approximate surface area is 86.4 Å². The van der Waals surface area contributed by atoms with E-state index in [0.29, 0.717) is 6.42 Å². The minimum Gasteiger partial charge on any atom is -0.263 e. The topological polar surface area (TPSA) is 43.4 Å². The molecule has 0 aromatic heterocycles. The average molecular weight is 244 g/mol. The molecule has 0 aromatic rings. The van der Waals surface area contributed by atoms with Crippen molar-refractivity contribution in [3.63, 3.8) is 0 Å². The van der Waals surface area contributed by atoms with Crippen molar-refractivity contribution >= 4 is 10.1 Å². The van der Waals surface area contributed by atoms with E-state index in [2.05, 4.69) is 10.8 Å². The molecule has 3 nitrogen and oxygen atoms in total. The molecule has 0 aromatic carbocycles. The highest BCUT2D eigenvalue weighted by atomic mass is 32.2. The molecule has 0 amide bonds. The predicted octanol–water partition coefficient (Wildman–Crippen LogP) is 2.38. The average Bonchev–Trinajstić information content (AvgIpc) is 2.09. The Balaban J connectivity index is 3.88. The first-order valence-electron chi connectivity index (χ1n) is 4.04. The van der Waals surface area contributed by atoms with Gasteiger partial charge in [-0.3, -0.25) is 4.18 Å². The van der Waals surface area contributed by atoms with Crippen LogP contribution in [0.25, 0.3) is 0 Å². The standard InChI is InChI=1S/C8H11F3O3S/c1-2-3-4-5-6-7-14-15(12,13)8(9,10)11/h2-4H,1,5-7H2/b4-3+. The fraction of sp³-hybridized carbons (Fsp3) is 0.500. The molecule has 88 valence electrons. The maximum atomic E-state index is 11.7. The van der Waals surface area contributed by atoms with E-state index in [4.69, 9.17) is 0 Å². The normalized spacial score (nSPS) is 13.3. The molecule has 0 atom stereocenters. The molecule has 0 aliphatic rings. The van der Waals surface area contributed by atoms with E-state index in [0.717, 1.165) is 0 Å². The van der Waals surface area contributed by atoms with Crippen LogP contribution in [0.2, 0.25) is 0 Å². The third kappa shape index (κ3) is 5.58. The molecular weight excluding hydrogens is 233 g/mol. The predicted molar refractivity (Wildman–Crippen MR) is 49.5 cm³/mol. The minimum atomic E-state index is -5.43. The van der Waals surface area contributed by atoms with Crippen molar-refractivity contribution in [2.45, 2.75) is 18.3 Å². The smallest absolute Gasteiger partial charge is 0.263 e. The Bertz CT molecular complexity index is 317. The van der Waals surface area contributed by atoms with Gasteiger partial charge < -0.3 is 0 Å². The molecule has 0 spiro atoms. The Kier molecular flexibility index (Phi) is 5.59.